The smallest absolute Gasteiger partial charge is 0.329 e. The van der Waals surface area contributed by atoms with Gasteiger partial charge in [-0.3, -0.25) is 4.90 Å². The van der Waals surface area contributed by atoms with Gasteiger partial charge in [0.05, 0.1) is 0 Å². The van der Waals surface area contributed by atoms with Gasteiger partial charge in [0, 0.05) is 25.3 Å². The van der Waals surface area contributed by atoms with Crippen LogP contribution in [-0.4, -0.2) is 34.6 Å². The molecule has 4 rings (SSSR count). The van der Waals surface area contributed by atoms with Crippen molar-refractivity contribution in [2.24, 2.45) is 0 Å². The number of hydrogen-bond donors (Lipinski definition) is 2. The molecule has 0 atom stereocenters. The molecular formula is C23H24N2O2. The molecule has 0 amide bonds. The number of nitrogens with one attached hydrogen (secondary N) is 1. The number of fused-ring (bicyclic) bond motifs is 1. The Bertz CT molecular complexity index is 926. The second-order valence-electron chi connectivity index (χ2n) is 7.29. The van der Waals surface area contributed by atoms with Crippen molar-refractivity contribution in [1.29, 1.82) is 0 Å². The van der Waals surface area contributed by atoms with E-state index >= 15 is 0 Å². The molecule has 4 heteroatoms. The van der Waals surface area contributed by atoms with Gasteiger partial charge in [-0.15, -0.1) is 0 Å². The van der Waals surface area contributed by atoms with Crippen molar-refractivity contribution in [2.45, 2.75) is 24.9 Å². The second kappa shape index (κ2) is 7.41. The van der Waals surface area contributed by atoms with E-state index in [9.17, 15) is 9.90 Å². The molecular weight excluding hydrogens is 336 g/mol. The molecule has 3 aromatic carbocycles. The molecule has 1 saturated heterocycles. The summed E-state index contributed by atoms with van der Waals surface area (Å²) in [5.41, 5.74) is 1.27. The van der Waals surface area contributed by atoms with Gasteiger partial charge >= 0.3 is 5.97 Å². The summed E-state index contributed by atoms with van der Waals surface area (Å²) in [6.07, 6.45) is 1.17. The number of hydrogen-bond acceptors (Lipinski definition) is 3. The number of nitrogens with zero attached hydrogens (tertiary/aromatic N) is 1. The number of aliphatic carboxylic acids is 1. The van der Waals surface area contributed by atoms with Crippen LogP contribution in [0.15, 0.2) is 72.8 Å². The summed E-state index contributed by atoms with van der Waals surface area (Å²) in [6.45, 7) is 2.37. The van der Waals surface area contributed by atoms with Crippen molar-refractivity contribution in [2.75, 3.05) is 18.4 Å². The fourth-order valence-electron chi connectivity index (χ4n) is 3.95. The minimum Gasteiger partial charge on any atom is -0.480 e. The maximum Gasteiger partial charge on any atom is 0.329 e. The predicted octanol–water partition coefficient (Wildman–Crippen LogP) is 4.37. The summed E-state index contributed by atoms with van der Waals surface area (Å²) < 4.78 is 0. The normalized spacial score (nSPS) is 16.9. The monoisotopic (exact) mass is 360 g/mol. The molecule has 0 radical (unpaired) electrons. The first kappa shape index (κ1) is 17.6. The summed E-state index contributed by atoms with van der Waals surface area (Å²) >= 11 is 0. The van der Waals surface area contributed by atoms with Crippen LogP contribution in [0.25, 0.3) is 10.8 Å². The summed E-state index contributed by atoms with van der Waals surface area (Å²) in [5, 5.41) is 15.7. The van der Waals surface area contributed by atoms with E-state index in [4.69, 9.17) is 0 Å². The molecule has 0 saturated carbocycles. The minimum absolute atomic E-state index is 0.585. The van der Waals surface area contributed by atoms with Gasteiger partial charge in [0.15, 0.2) is 0 Å². The molecule has 0 bridgehead atoms. The SMILES string of the molecule is O=C(O)C1(Nc2ccccc2)CCN(Cc2cccc3ccccc23)CC1. The molecule has 0 spiro atoms. The van der Waals surface area contributed by atoms with Gasteiger partial charge in [-0.2, -0.15) is 0 Å². The van der Waals surface area contributed by atoms with E-state index < -0.39 is 11.5 Å². The highest BCUT2D eigenvalue weighted by molar-refractivity contribution is 5.85. The van der Waals surface area contributed by atoms with Crippen molar-refractivity contribution in [3.8, 4) is 0 Å². The average Bonchev–Trinajstić information content (AvgIpc) is 2.70. The van der Waals surface area contributed by atoms with Crippen LogP contribution in [0.5, 0.6) is 0 Å². The molecule has 1 aliphatic rings. The maximum absolute atomic E-state index is 12.0. The van der Waals surface area contributed by atoms with E-state index in [0.717, 1.165) is 25.3 Å². The second-order valence-corrected chi connectivity index (χ2v) is 7.29. The number of carboxylic acid groups (broad SMARTS) is 1. The van der Waals surface area contributed by atoms with Gasteiger partial charge in [0.2, 0.25) is 0 Å². The number of piperidine rings is 1. The molecule has 27 heavy (non-hydrogen) atoms. The van der Waals surface area contributed by atoms with Crippen LogP contribution < -0.4 is 5.32 Å². The quantitative estimate of drug-likeness (QED) is 0.709. The summed E-state index contributed by atoms with van der Waals surface area (Å²) in [4.78, 5) is 14.4. The number of benzene rings is 3. The zero-order valence-electron chi connectivity index (χ0n) is 15.3. The fraction of sp³-hybridized carbons (Fsp3) is 0.261. The first-order valence-corrected chi connectivity index (χ1v) is 9.42. The Hall–Kier alpha value is -2.85. The number of rotatable bonds is 5. The first-order valence-electron chi connectivity index (χ1n) is 9.42. The van der Waals surface area contributed by atoms with Crippen LogP contribution in [0.4, 0.5) is 5.69 Å². The lowest BCUT2D eigenvalue weighted by atomic mass is 9.86. The van der Waals surface area contributed by atoms with E-state index in [0.29, 0.717) is 12.8 Å². The van der Waals surface area contributed by atoms with Crippen LogP contribution in [0.2, 0.25) is 0 Å². The molecule has 0 unspecified atom stereocenters. The third kappa shape index (κ3) is 3.67. The van der Waals surface area contributed by atoms with E-state index in [2.05, 4.69) is 52.7 Å². The predicted molar refractivity (Wildman–Crippen MR) is 109 cm³/mol. The molecule has 1 fully saturated rings. The number of carbonyl (C=O) groups is 1. The van der Waals surface area contributed by atoms with Crippen molar-refractivity contribution < 1.29 is 9.90 Å². The number of anilines is 1. The van der Waals surface area contributed by atoms with E-state index in [1.807, 2.05) is 30.3 Å². The van der Waals surface area contributed by atoms with Crippen molar-refractivity contribution in [1.82, 2.24) is 4.90 Å². The maximum atomic E-state index is 12.0. The molecule has 4 nitrogen and oxygen atoms in total. The minimum atomic E-state index is -0.892. The van der Waals surface area contributed by atoms with Crippen LogP contribution in [0.3, 0.4) is 0 Å². The van der Waals surface area contributed by atoms with E-state index in [1.54, 1.807) is 0 Å². The lowest BCUT2D eigenvalue weighted by molar-refractivity contribution is -0.144. The number of para-hydroxylation sites is 1. The number of carboxylic acids is 1. The molecule has 1 aliphatic heterocycles. The average molecular weight is 360 g/mol. The van der Waals surface area contributed by atoms with Gasteiger partial charge < -0.3 is 10.4 Å². The topological polar surface area (TPSA) is 52.6 Å². The van der Waals surface area contributed by atoms with Gasteiger partial charge in [0.1, 0.15) is 5.54 Å². The fourth-order valence-corrected chi connectivity index (χ4v) is 3.95. The lowest BCUT2D eigenvalue weighted by Gasteiger charge is -2.40. The van der Waals surface area contributed by atoms with Crippen molar-refractivity contribution >= 4 is 22.4 Å². The Balaban J connectivity index is 1.48. The third-order valence-corrected chi connectivity index (χ3v) is 5.55. The standard InChI is InChI=1S/C23H24N2O2/c26-22(27)23(24-20-10-2-1-3-11-20)13-15-25(16-14-23)17-19-9-6-8-18-7-4-5-12-21(18)19/h1-12,24H,13-17H2,(H,26,27). The zero-order valence-corrected chi connectivity index (χ0v) is 15.3. The van der Waals surface area contributed by atoms with Crippen LogP contribution in [-0.2, 0) is 11.3 Å². The Morgan fingerprint density at radius 3 is 2.33 bits per heavy atom. The van der Waals surface area contributed by atoms with Gasteiger partial charge in [0.25, 0.3) is 0 Å². The molecule has 3 aromatic rings. The van der Waals surface area contributed by atoms with Gasteiger partial charge in [-0.25, -0.2) is 4.79 Å². The molecule has 1 heterocycles. The summed E-state index contributed by atoms with van der Waals surface area (Å²) in [5.74, 6) is -0.767. The van der Waals surface area contributed by atoms with Crippen LogP contribution in [0.1, 0.15) is 18.4 Å². The Morgan fingerprint density at radius 1 is 0.926 bits per heavy atom. The van der Waals surface area contributed by atoms with E-state index in [-0.39, 0.29) is 0 Å². The highest BCUT2D eigenvalue weighted by Crippen LogP contribution is 2.29. The first-order chi connectivity index (χ1) is 13.2. The van der Waals surface area contributed by atoms with E-state index in [1.165, 1.54) is 16.3 Å². The van der Waals surface area contributed by atoms with Gasteiger partial charge in [-0.05, 0) is 41.3 Å². The molecule has 2 N–H and O–H groups in total. The highest BCUT2D eigenvalue weighted by Gasteiger charge is 2.41. The zero-order chi connectivity index (χ0) is 18.7. The van der Waals surface area contributed by atoms with Crippen LogP contribution in [0, 0.1) is 0 Å². The molecule has 138 valence electrons. The largest absolute Gasteiger partial charge is 0.480 e. The lowest BCUT2D eigenvalue weighted by Crippen LogP contribution is -2.54. The van der Waals surface area contributed by atoms with Gasteiger partial charge in [-0.1, -0.05) is 60.7 Å². The van der Waals surface area contributed by atoms with Crippen molar-refractivity contribution in [3.05, 3.63) is 78.4 Å². The third-order valence-electron chi connectivity index (χ3n) is 5.55. The summed E-state index contributed by atoms with van der Waals surface area (Å²) in [6, 6.07) is 24.5. The highest BCUT2D eigenvalue weighted by atomic mass is 16.4. The molecule has 0 aromatic heterocycles. The van der Waals surface area contributed by atoms with Crippen LogP contribution >= 0.6 is 0 Å². The number of likely N-dealkylation sites (tertiary alicyclic amines) is 1. The Kier molecular flexibility index (Phi) is 4.82. The van der Waals surface area contributed by atoms with Crippen molar-refractivity contribution in [3.63, 3.8) is 0 Å². The Morgan fingerprint density at radius 2 is 1.59 bits per heavy atom. The Labute approximate surface area is 159 Å². The summed E-state index contributed by atoms with van der Waals surface area (Å²) in [7, 11) is 0. The molecule has 0 aliphatic carbocycles.